The van der Waals surface area contributed by atoms with Crippen molar-refractivity contribution in [3.63, 3.8) is 0 Å². The molecule has 1 aromatic rings. The lowest BCUT2D eigenvalue weighted by atomic mass is 9.92. The molecular weight excluding hydrogens is 256 g/mol. The van der Waals surface area contributed by atoms with Crippen molar-refractivity contribution in [3.8, 4) is 0 Å². The van der Waals surface area contributed by atoms with Crippen LogP contribution in [0.3, 0.4) is 0 Å². The van der Waals surface area contributed by atoms with Gasteiger partial charge in [0.15, 0.2) is 0 Å². The molecule has 0 amide bonds. The number of alkyl halides is 2. The highest BCUT2D eigenvalue weighted by atomic mass is 19.3. The van der Waals surface area contributed by atoms with Gasteiger partial charge in [-0.2, -0.15) is 8.78 Å². The van der Waals surface area contributed by atoms with Crippen LogP contribution in [0.5, 0.6) is 0 Å². The Bertz CT molecular complexity index is 450. The van der Waals surface area contributed by atoms with Gasteiger partial charge in [0.2, 0.25) is 0 Å². The number of aliphatic carboxylic acids is 1. The maximum atomic E-state index is 12.7. The van der Waals surface area contributed by atoms with Gasteiger partial charge in [0.05, 0.1) is 6.54 Å². The van der Waals surface area contributed by atoms with Crippen LogP contribution in [0, 0.1) is 5.92 Å². The Morgan fingerprint density at radius 1 is 1.63 bits per heavy atom. The van der Waals surface area contributed by atoms with E-state index in [2.05, 4.69) is 4.98 Å². The Kier molecular flexibility index (Phi) is 4.14. The Balaban J connectivity index is 2.12. The summed E-state index contributed by atoms with van der Waals surface area (Å²) < 4.78 is 26.2. The molecule has 2 unspecified atom stereocenters. The van der Waals surface area contributed by atoms with Crippen molar-refractivity contribution in [1.82, 2.24) is 14.5 Å². The molecule has 5 nitrogen and oxygen atoms in total. The number of carboxylic acids is 1. The number of halogens is 2. The lowest BCUT2D eigenvalue weighted by molar-refractivity contribution is -0.145. The molecule has 2 atom stereocenters. The predicted molar refractivity (Wildman–Crippen MR) is 63.7 cm³/mol. The maximum Gasteiger partial charge on any atom is 0.320 e. The van der Waals surface area contributed by atoms with Crippen molar-refractivity contribution in [1.29, 1.82) is 0 Å². The minimum atomic E-state index is -2.65. The topological polar surface area (TPSA) is 58.4 Å². The monoisotopic (exact) mass is 273 g/mol. The number of aromatic nitrogens is 2. The smallest absolute Gasteiger partial charge is 0.320 e. The van der Waals surface area contributed by atoms with Gasteiger partial charge in [-0.15, -0.1) is 0 Å². The van der Waals surface area contributed by atoms with Crippen LogP contribution in [-0.4, -0.2) is 38.1 Å². The van der Waals surface area contributed by atoms with Gasteiger partial charge in [-0.3, -0.25) is 14.3 Å². The molecular formula is C12H17F2N3O2. The highest BCUT2D eigenvalue weighted by molar-refractivity contribution is 5.73. The number of carbonyl (C=O) groups is 1. The number of imidazole rings is 1. The second-order valence-corrected chi connectivity index (χ2v) is 4.98. The average Bonchev–Trinajstić information content (AvgIpc) is 2.79. The molecule has 0 radical (unpaired) electrons. The summed E-state index contributed by atoms with van der Waals surface area (Å²) in [7, 11) is 0. The van der Waals surface area contributed by atoms with E-state index < -0.39 is 18.6 Å². The number of hydrogen-bond acceptors (Lipinski definition) is 3. The number of carboxylic acid groups (broad SMARTS) is 1. The number of piperidine rings is 1. The molecule has 1 fully saturated rings. The third kappa shape index (κ3) is 3.09. The van der Waals surface area contributed by atoms with Crippen LogP contribution < -0.4 is 0 Å². The lowest BCUT2D eigenvalue weighted by Crippen LogP contribution is -2.46. The summed E-state index contributed by atoms with van der Waals surface area (Å²) >= 11 is 0. The summed E-state index contributed by atoms with van der Waals surface area (Å²) in [6, 6.07) is -0.619. The van der Waals surface area contributed by atoms with Gasteiger partial charge in [-0.05, 0) is 25.3 Å². The zero-order valence-electron chi connectivity index (χ0n) is 10.7. The van der Waals surface area contributed by atoms with E-state index in [-0.39, 0.29) is 12.4 Å². The Morgan fingerprint density at radius 2 is 2.37 bits per heavy atom. The first-order valence-corrected chi connectivity index (χ1v) is 6.25. The first-order valence-electron chi connectivity index (χ1n) is 6.25. The number of hydrogen-bond donors (Lipinski definition) is 1. The fourth-order valence-electron chi connectivity index (χ4n) is 2.46. The fourth-order valence-corrected chi connectivity index (χ4v) is 2.46. The molecule has 0 spiro atoms. The van der Waals surface area contributed by atoms with E-state index >= 15 is 0 Å². The largest absolute Gasteiger partial charge is 0.480 e. The summed E-state index contributed by atoms with van der Waals surface area (Å²) in [5.41, 5.74) is 0. The molecule has 0 aromatic carbocycles. The van der Waals surface area contributed by atoms with Gasteiger partial charge in [-0.25, -0.2) is 4.98 Å². The van der Waals surface area contributed by atoms with Crippen molar-refractivity contribution in [2.45, 2.75) is 38.9 Å². The minimum absolute atomic E-state index is 0.140. The third-order valence-electron chi connectivity index (χ3n) is 3.56. The molecule has 0 saturated carbocycles. The van der Waals surface area contributed by atoms with Crippen molar-refractivity contribution in [2.24, 2.45) is 5.92 Å². The molecule has 2 rings (SSSR count). The summed E-state index contributed by atoms with van der Waals surface area (Å²) in [5.74, 6) is -0.357. The molecule has 1 aromatic heterocycles. The van der Waals surface area contributed by atoms with Gasteiger partial charge in [0.25, 0.3) is 0 Å². The highest BCUT2D eigenvalue weighted by Gasteiger charge is 2.32. The average molecular weight is 273 g/mol. The molecule has 1 aliphatic heterocycles. The van der Waals surface area contributed by atoms with Crippen molar-refractivity contribution in [3.05, 3.63) is 18.2 Å². The molecule has 0 bridgehead atoms. The lowest BCUT2D eigenvalue weighted by Gasteiger charge is -2.35. The summed E-state index contributed by atoms with van der Waals surface area (Å²) in [6.07, 6.45) is 3.94. The highest BCUT2D eigenvalue weighted by Crippen LogP contribution is 2.25. The van der Waals surface area contributed by atoms with E-state index in [9.17, 15) is 18.7 Å². The Labute approximate surface area is 109 Å². The van der Waals surface area contributed by atoms with Crippen molar-refractivity contribution in [2.75, 3.05) is 6.54 Å². The van der Waals surface area contributed by atoms with Gasteiger partial charge >= 0.3 is 12.5 Å². The summed E-state index contributed by atoms with van der Waals surface area (Å²) in [5, 5.41) is 9.22. The fraction of sp³-hybridized carbons (Fsp3) is 0.667. The number of nitrogens with zero attached hydrogens (tertiary/aromatic N) is 3. The van der Waals surface area contributed by atoms with Gasteiger partial charge in [0, 0.05) is 12.4 Å². The third-order valence-corrected chi connectivity index (χ3v) is 3.56. The van der Waals surface area contributed by atoms with E-state index in [4.69, 9.17) is 0 Å². The second-order valence-electron chi connectivity index (χ2n) is 4.98. The van der Waals surface area contributed by atoms with Crippen molar-refractivity contribution < 1.29 is 18.7 Å². The van der Waals surface area contributed by atoms with Crippen molar-refractivity contribution >= 4 is 5.97 Å². The molecule has 1 aliphatic rings. The van der Waals surface area contributed by atoms with E-state index in [0.29, 0.717) is 18.9 Å². The normalized spacial score (nSPS) is 24.8. The zero-order chi connectivity index (χ0) is 14.0. The molecule has 0 aliphatic carbocycles. The van der Waals surface area contributed by atoms with Crippen LogP contribution in [-0.2, 0) is 11.3 Å². The number of likely N-dealkylation sites (tertiary alicyclic amines) is 1. The molecule has 19 heavy (non-hydrogen) atoms. The Morgan fingerprint density at radius 3 is 3.00 bits per heavy atom. The van der Waals surface area contributed by atoms with Crippen LogP contribution in [0.15, 0.2) is 12.4 Å². The number of rotatable bonds is 4. The molecule has 7 heteroatoms. The van der Waals surface area contributed by atoms with Crippen LogP contribution >= 0.6 is 0 Å². The van der Waals surface area contributed by atoms with Crippen LogP contribution in [0.4, 0.5) is 8.78 Å². The van der Waals surface area contributed by atoms with Gasteiger partial charge in [0.1, 0.15) is 11.9 Å². The first kappa shape index (κ1) is 13.9. The second kappa shape index (κ2) is 5.64. The predicted octanol–water partition coefficient (Wildman–Crippen LogP) is 1.96. The van der Waals surface area contributed by atoms with E-state index in [1.807, 2.05) is 6.92 Å². The first-order chi connectivity index (χ1) is 8.99. The van der Waals surface area contributed by atoms with E-state index in [1.54, 1.807) is 4.90 Å². The quantitative estimate of drug-likeness (QED) is 0.911. The zero-order valence-corrected chi connectivity index (χ0v) is 10.7. The molecule has 106 valence electrons. The maximum absolute atomic E-state index is 12.7. The van der Waals surface area contributed by atoms with Gasteiger partial charge in [-0.1, -0.05) is 6.92 Å². The van der Waals surface area contributed by atoms with Crippen LogP contribution in [0.25, 0.3) is 0 Å². The molecule has 2 heterocycles. The summed E-state index contributed by atoms with van der Waals surface area (Å²) in [6.45, 7) is 0.0901. The molecule has 1 N–H and O–H groups in total. The standard InChI is InChI=1S/C12H17F2N3O2/c1-8-2-4-16(9(6-8)11(18)19)7-10-15-3-5-17(10)12(13)14/h3,5,8-9,12H,2,4,6-7H2,1H3,(H,18,19). The summed E-state index contributed by atoms with van der Waals surface area (Å²) in [4.78, 5) is 16.8. The SMILES string of the molecule is CC1CCN(Cc2nccn2C(F)F)C(C(=O)O)C1. The van der Waals surface area contributed by atoms with Crippen LogP contribution in [0.2, 0.25) is 0 Å². The Hall–Kier alpha value is -1.50. The van der Waals surface area contributed by atoms with E-state index in [0.717, 1.165) is 11.0 Å². The minimum Gasteiger partial charge on any atom is -0.480 e. The molecule has 1 saturated heterocycles. The van der Waals surface area contributed by atoms with Crippen LogP contribution in [0.1, 0.15) is 32.1 Å². The van der Waals surface area contributed by atoms with Gasteiger partial charge < -0.3 is 5.11 Å². The van der Waals surface area contributed by atoms with E-state index in [1.165, 1.54) is 12.4 Å².